The summed E-state index contributed by atoms with van der Waals surface area (Å²) in [5, 5.41) is 7.48. The summed E-state index contributed by atoms with van der Waals surface area (Å²) in [5.74, 6) is 1.81. The number of morpholine rings is 1. The van der Waals surface area contributed by atoms with Gasteiger partial charge in [0, 0.05) is 39.3 Å². The molecule has 0 radical (unpaired) electrons. The number of hydrogen-bond donors (Lipinski definition) is 1. The molecule has 25 heavy (non-hydrogen) atoms. The Morgan fingerprint density at radius 2 is 2.32 bits per heavy atom. The molecule has 0 spiro atoms. The molecule has 2 atom stereocenters. The van der Waals surface area contributed by atoms with Crippen molar-refractivity contribution in [1.29, 1.82) is 0 Å². The Balaban J connectivity index is 0.00000312. The number of aryl methyl sites for hydroxylation is 1. The molecule has 1 aromatic rings. The minimum Gasteiger partial charge on any atom is -0.379 e. The maximum Gasteiger partial charge on any atom is 0.194 e. The van der Waals surface area contributed by atoms with Crippen molar-refractivity contribution in [3.63, 3.8) is 0 Å². The molecular weight excluding hydrogens is 433 g/mol. The first-order valence-corrected chi connectivity index (χ1v) is 8.68. The van der Waals surface area contributed by atoms with E-state index in [0.29, 0.717) is 18.6 Å². The molecule has 2 heterocycles. The first-order chi connectivity index (χ1) is 11.5. The van der Waals surface area contributed by atoms with Crippen LogP contribution in [0.25, 0.3) is 0 Å². The number of guanidine groups is 1. The van der Waals surface area contributed by atoms with E-state index in [9.17, 15) is 0 Å². The van der Waals surface area contributed by atoms with Crippen LogP contribution in [0.4, 0.5) is 0 Å². The molecule has 9 heteroatoms. The first-order valence-electron chi connectivity index (χ1n) is 8.68. The fourth-order valence-electron chi connectivity index (χ4n) is 2.94. The van der Waals surface area contributed by atoms with Crippen molar-refractivity contribution in [2.45, 2.75) is 39.4 Å². The molecule has 0 saturated carbocycles. The van der Waals surface area contributed by atoms with Crippen molar-refractivity contribution in [2.75, 3.05) is 39.9 Å². The van der Waals surface area contributed by atoms with Crippen molar-refractivity contribution in [2.24, 2.45) is 12.0 Å². The second-order valence-corrected chi connectivity index (χ2v) is 6.36. The molecule has 1 saturated heterocycles. The van der Waals surface area contributed by atoms with Gasteiger partial charge in [-0.3, -0.25) is 14.6 Å². The summed E-state index contributed by atoms with van der Waals surface area (Å²) >= 11 is 0. The van der Waals surface area contributed by atoms with Crippen LogP contribution in [0, 0.1) is 0 Å². The first kappa shape index (κ1) is 22.1. The van der Waals surface area contributed by atoms with Crippen molar-refractivity contribution >= 4 is 29.9 Å². The summed E-state index contributed by atoms with van der Waals surface area (Å²) in [5.41, 5.74) is 0. The molecule has 0 aliphatic carbocycles. The molecule has 2 unspecified atom stereocenters. The van der Waals surface area contributed by atoms with E-state index in [1.807, 2.05) is 14.1 Å². The van der Waals surface area contributed by atoms with Crippen molar-refractivity contribution in [1.82, 2.24) is 29.9 Å². The van der Waals surface area contributed by atoms with Gasteiger partial charge in [-0.15, -0.1) is 24.0 Å². The highest BCUT2D eigenvalue weighted by Gasteiger charge is 2.23. The quantitative estimate of drug-likeness (QED) is 0.383. The molecule has 144 valence electrons. The molecule has 0 bridgehead atoms. The zero-order chi connectivity index (χ0) is 17.5. The predicted molar refractivity (Wildman–Crippen MR) is 110 cm³/mol. The minimum absolute atomic E-state index is 0. The van der Waals surface area contributed by atoms with Gasteiger partial charge in [-0.05, 0) is 20.8 Å². The summed E-state index contributed by atoms with van der Waals surface area (Å²) in [6.45, 7) is 11.4. The Morgan fingerprint density at radius 3 is 2.92 bits per heavy atom. The summed E-state index contributed by atoms with van der Waals surface area (Å²) in [4.78, 5) is 13.7. The average molecular weight is 465 g/mol. The van der Waals surface area contributed by atoms with Gasteiger partial charge >= 0.3 is 0 Å². The van der Waals surface area contributed by atoms with E-state index in [2.05, 4.69) is 46.0 Å². The molecule has 0 amide bonds. The van der Waals surface area contributed by atoms with Crippen LogP contribution >= 0.6 is 24.0 Å². The standard InChI is InChI=1S/C16H31N7O.HI/c1-6-17-16(21(4)10-15-19-12-20-22(15)5)18-9-13(2)23-7-8-24-11-14(23)3;/h12-14H,6-11H2,1-5H3,(H,17,18);1H. The third-order valence-corrected chi connectivity index (χ3v) is 4.37. The van der Waals surface area contributed by atoms with E-state index in [4.69, 9.17) is 9.73 Å². The summed E-state index contributed by atoms with van der Waals surface area (Å²) in [7, 11) is 3.93. The lowest BCUT2D eigenvalue weighted by molar-refractivity contribution is -0.0166. The molecule has 0 aromatic carbocycles. The predicted octanol–water partition coefficient (Wildman–Crippen LogP) is 0.940. The van der Waals surface area contributed by atoms with Crippen LogP contribution in [-0.2, 0) is 18.3 Å². The maximum absolute atomic E-state index is 5.52. The van der Waals surface area contributed by atoms with E-state index in [0.717, 1.165) is 44.6 Å². The highest BCUT2D eigenvalue weighted by molar-refractivity contribution is 14.0. The van der Waals surface area contributed by atoms with Crippen molar-refractivity contribution in [3.8, 4) is 0 Å². The van der Waals surface area contributed by atoms with Crippen molar-refractivity contribution in [3.05, 3.63) is 12.2 Å². The molecule has 8 nitrogen and oxygen atoms in total. The lowest BCUT2D eigenvalue weighted by Crippen LogP contribution is -2.49. The molecule has 1 aliphatic heterocycles. The summed E-state index contributed by atoms with van der Waals surface area (Å²) in [6.07, 6.45) is 1.58. The van der Waals surface area contributed by atoms with E-state index in [-0.39, 0.29) is 24.0 Å². The number of nitrogens with zero attached hydrogens (tertiary/aromatic N) is 6. The lowest BCUT2D eigenvalue weighted by atomic mass is 10.2. The van der Waals surface area contributed by atoms with Crippen LogP contribution in [0.3, 0.4) is 0 Å². The normalized spacial score (nSPS) is 20.0. The largest absolute Gasteiger partial charge is 0.379 e. The van der Waals surface area contributed by atoms with Crippen LogP contribution in [0.5, 0.6) is 0 Å². The van der Waals surface area contributed by atoms with Gasteiger partial charge in [0.05, 0.1) is 26.3 Å². The van der Waals surface area contributed by atoms with E-state index in [1.165, 1.54) is 0 Å². The Morgan fingerprint density at radius 1 is 1.56 bits per heavy atom. The number of hydrogen-bond acceptors (Lipinski definition) is 5. The zero-order valence-electron chi connectivity index (χ0n) is 16.0. The number of halogens is 1. The molecular formula is C16H32IN7O. The van der Waals surface area contributed by atoms with Gasteiger partial charge < -0.3 is 15.0 Å². The fraction of sp³-hybridized carbons (Fsp3) is 0.812. The lowest BCUT2D eigenvalue weighted by Gasteiger charge is -2.37. The van der Waals surface area contributed by atoms with E-state index >= 15 is 0 Å². The third kappa shape index (κ3) is 6.37. The maximum atomic E-state index is 5.52. The molecule has 1 aromatic heterocycles. The van der Waals surface area contributed by atoms with Crippen LogP contribution in [-0.4, -0.2) is 82.5 Å². The third-order valence-electron chi connectivity index (χ3n) is 4.37. The Bertz CT molecular complexity index is 536. The van der Waals surface area contributed by atoms with Crippen LogP contribution in [0.2, 0.25) is 0 Å². The Kier molecular flexibility index (Phi) is 9.65. The van der Waals surface area contributed by atoms with Gasteiger partial charge in [-0.1, -0.05) is 0 Å². The highest BCUT2D eigenvalue weighted by atomic mass is 127. The molecule has 1 N–H and O–H groups in total. The number of aromatic nitrogens is 3. The summed E-state index contributed by atoms with van der Waals surface area (Å²) < 4.78 is 7.31. The Hall–Kier alpha value is -0.940. The smallest absolute Gasteiger partial charge is 0.194 e. The molecule has 1 fully saturated rings. The van der Waals surface area contributed by atoms with Crippen LogP contribution < -0.4 is 5.32 Å². The van der Waals surface area contributed by atoms with Gasteiger partial charge in [0.2, 0.25) is 0 Å². The fourth-order valence-corrected chi connectivity index (χ4v) is 2.94. The SMILES string of the molecule is CCNC(=NCC(C)N1CCOCC1C)N(C)Cc1ncnn1C.I. The number of nitrogens with one attached hydrogen (secondary N) is 1. The van der Waals surface area contributed by atoms with Crippen LogP contribution in [0.15, 0.2) is 11.3 Å². The number of ether oxygens (including phenoxy) is 1. The monoisotopic (exact) mass is 465 g/mol. The van der Waals surface area contributed by atoms with Crippen LogP contribution in [0.1, 0.15) is 26.6 Å². The highest BCUT2D eigenvalue weighted by Crippen LogP contribution is 2.11. The second kappa shape index (κ2) is 10.9. The summed E-state index contributed by atoms with van der Waals surface area (Å²) in [6, 6.07) is 0.837. The Labute approximate surface area is 168 Å². The zero-order valence-corrected chi connectivity index (χ0v) is 18.3. The van der Waals surface area contributed by atoms with Gasteiger partial charge in [0.1, 0.15) is 12.2 Å². The van der Waals surface area contributed by atoms with Gasteiger partial charge in [0.25, 0.3) is 0 Å². The second-order valence-electron chi connectivity index (χ2n) is 6.36. The van der Waals surface area contributed by atoms with E-state index in [1.54, 1.807) is 11.0 Å². The average Bonchev–Trinajstić information content (AvgIpc) is 2.96. The van der Waals surface area contributed by atoms with Crippen molar-refractivity contribution < 1.29 is 4.74 Å². The van der Waals surface area contributed by atoms with Gasteiger partial charge in [0.15, 0.2) is 5.96 Å². The molecule has 2 rings (SSSR count). The number of rotatable bonds is 6. The number of aliphatic imine (C=N–C) groups is 1. The van der Waals surface area contributed by atoms with Gasteiger partial charge in [-0.2, -0.15) is 5.10 Å². The minimum atomic E-state index is 0. The van der Waals surface area contributed by atoms with E-state index < -0.39 is 0 Å². The molecule has 1 aliphatic rings. The van der Waals surface area contributed by atoms with Gasteiger partial charge in [-0.25, -0.2) is 4.98 Å². The topological polar surface area (TPSA) is 70.8 Å².